The van der Waals surface area contributed by atoms with Crippen LogP contribution in [0.2, 0.25) is 0 Å². The van der Waals surface area contributed by atoms with Crippen LogP contribution < -0.4 is 10.6 Å². The summed E-state index contributed by atoms with van der Waals surface area (Å²) in [6.45, 7) is 2.99. The summed E-state index contributed by atoms with van der Waals surface area (Å²) < 4.78 is 37.8. The predicted molar refractivity (Wildman–Crippen MR) is 70.4 cm³/mol. The summed E-state index contributed by atoms with van der Waals surface area (Å²) in [5.41, 5.74) is -1.63. The minimum Gasteiger partial charge on any atom is -0.324 e. The maximum absolute atomic E-state index is 12.6. The molecule has 0 aromatic heterocycles. The highest BCUT2D eigenvalue weighted by molar-refractivity contribution is 5.96. The van der Waals surface area contributed by atoms with E-state index in [2.05, 4.69) is 10.6 Å². The maximum Gasteiger partial charge on any atom is 0.416 e. The number of hydrogen-bond acceptors (Lipinski definition) is 3. The van der Waals surface area contributed by atoms with Crippen molar-refractivity contribution in [2.45, 2.75) is 19.5 Å². The second kappa shape index (κ2) is 5.37. The van der Waals surface area contributed by atoms with Gasteiger partial charge in [-0.1, -0.05) is 0 Å². The van der Waals surface area contributed by atoms with Crippen molar-refractivity contribution in [3.63, 3.8) is 0 Å². The van der Waals surface area contributed by atoms with Gasteiger partial charge in [0.25, 0.3) is 0 Å². The first kappa shape index (κ1) is 15.3. The van der Waals surface area contributed by atoms with Gasteiger partial charge in [-0.15, -0.1) is 0 Å². The van der Waals surface area contributed by atoms with E-state index in [1.807, 2.05) is 0 Å². The minimum atomic E-state index is -4.52. The molecule has 1 unspecified atom stereocenters. The van der Waals surface area contributed by atoms with Gasteiger partial charge >= 0.3 is 6.18 Å². The van der Waals surface area contributed by atoms with E-state index in [1.165, 1.54) is 0 Å². The minimum absolute atomic E-state index is 0.101. The summed E-state index contributed by atoms with van der Waals surface area (Å²) in [4.78, 5) is 12.2. The Labute approximate surface area is 119 Å². The number of halogens is 3. The molecule has 1 saturated heterocycles. The van der Waals surface area contributed by atoms with Crippen molar-refractivity contribution < 1.29 is 18.0 Å². The molecule has 1 aliphatic heterocycles. The normalized spacial score (nSPS) is 21.9. The molecule has 0 radical (unpaired) electrons. The molecule has 0 spiro atoms. The first-order valence-corrected chi connectivity index (χ1v) is 6.40. The van der Waals surface area contributed by atoms with Gasteiger partial charge < -0.3 is 10.6 Å². The summed E-state index contributed by atoms with van der Waals surface area (Å²) in [7, 11) is 0. The first-order valence-electron chi connectivity index (χ1n) is 6.40. The van der Waals surface area contributed by atoms with Crippen LogP contribution in [-0.2, 0) is 11.0 Å². The predicted octanol–water partition coefficient (Wildman–Crippen LogP) is 2.52. The molecule has 0 saturated carbocycles. The fraction of sp³-hybridized carbons (Fsp3) is 0.429. The molecule has 1 atom stereocenters. The number of nitrogens with one attached hydrogen (secondary N) is 2. The molecule has 21 heavy (non-hydrogen) atoms. The lowest BCUT2D eigenvalue weighted by atomic mass is 9.88. The molecule has 0 aliphatic carbocycles. The Morgan fingerprint density at radius 3 is 2.71 bits per heavy atom. The summed E-state index contributed by atoms with van der Waals surface area (Å²) in [6.07, 6.45) is -3.88. The van der Waals surface area contributed by atoms with E-state index in [4.69, 9.17) is 5.26 Å². The van der Waals surface area contributed by atoms with E-state index < -0.39 is 17.2 Å². The van der Waals surface area contributed by atoms with Gasteiger partial charge in [0.15, 0.2) is 0 Å². The Morgan fingerprint density at radius 2 is 2.19 bits per heavy atom. The van der Waals surface area contributed by atoms with E-state index >= 15 is 0 Å². The molecular weight excluding hydrogens is 283 g/mol. The van der Waals surface area contributed by atoms with Gasteiger partial charge in [-0.2, -0.15) is 18.4 Å². The standard InChI is InChI=1S/C14H14F3N3O/c1-13(4-5-19-8-13)12(21)20-11-3-2-10(14(15,16)17)6-9(11)7-18/h2-3,6,19H,4-5,8H2,1H3,(H,20,21). The van der Waals surface area contributed by atoms with E-state index in [0.717, 1.165) is 18.2 Å². The largest absolute Gasteiger partial charge is 0.416 e. The van der Waals surface area contributed by atoms with Gasteiger partial charge in [0.1, 0.15) is 6.07 Å². The van der Waals surface area contributed by atoms with Gasteiger partial charge in [0, 0.05) is 6.54 Å². The SMILES string of the molecule is CC1(C(=O)Nc2ccc(C(F)(F)F)cc2C#N)CCNC1. The van der Waals surface area contributed by atoms with E-state index in [0.29, 0.717) is 19.5 Å². The highest BCUT2D eigenvalue weighted by atomic mass is 19.4. The van der Waals surface area contributed by atoms with Crippen molar-refractivity contribution in [2.75, 3.05) is 18.4 Å². The molecule has 1 aromatic carbocycles. The summed E-state index contributed by atoms with van der Waals surface area (Å²) in [6, 6.07) is 4.40. The van der Waals surface area contributed by atoms with Crippen LogP contribution in [0.25, 0.3) is 0 Å². The van der Waals surface area contributed by atoms with Gasteiger partial charge in [0.2, 0.25) is 5.91 Å². The fourth-order valence-electron chi connectivity index (χ4n) is 2.21. The molecule has 2 N–H and O–H groups in total. The molecule has 4 nitrogen and oxygen atoms in total. The summed E-state index contributed by atoms with van der Waals surface area (Å²) >= 11 is 0. The number of carbonyl (C=O) groups is 1. The summed E-state index contributed by atoms with van der Waals surface area (Å²) in [5, 5.41) is 14.6. The van der Waals surface area contributed by atoms with Crippen molar-refractivity contribution in [2.24, 2.45) is 5.41 Å². The van der Waals surface area contributed by atoms with Crippen molar-refractivity contribution >= 4 is 11.6 Å². The van der Waals surface area contributed by atoms with Crippen LogP contribution in [0.1, 0.15) is 24.5 Å². The van der Waals surface area contributed by atoms with E-state index in [1.54, 1.807) is 13.0 Å². The number of rotatable bonds is 2. The van der Waals surface area contributed by atoms with Gasteiger partial charge in [-0.3, -0.25) is 4.79 Å². The highest BCUT2D eigenvalue weighted by Crippen LogP contribution is 2.32. The monoisotopic (exact) mass is 297 g/mol. The number of carbonyl (C=O) groups excluding carboxylic acids is 1. The Morgan fingerprint density at radius 1 is 1.48 bits per heavy atom. The molecule has 1 heterocycles. The third-order valence-corrected chi connectivity index (χ3v) is 3.63. The summed E-state index contributed by atoms with van der Waals surface area (Å²) in [5.74, 6) is -0.302. The third kappa shape index (κ3) is 3.16. The van der Waals surface area contributed by atoms with Crippen molar-refractivity contribution in [1.29, 1.82) is 5.26 Å². The molecule has 0 bridgehead atoms. The first-order chi connectivity index (χ1) is 9.76. The zero-order chi connectivity index (χ0) is 15.7. The quantitative estimate of drug-likeness (QED) is 0.881. The third-order valence-electron chi connectivity index (χ3n) is 3.63. The molecule has 1 aliphatic rings. The molecule has 1 amide bonds. The number of anilines is 1. The second-order valence-electron chi connectivity index (χ2n) is 5.31. The lowest BCUT2D eigenvalue weighted by Crippen LogP contribution is -2.35. The van der Waals surface area contributed by atoms with Crippen LogP contribution in [0.4, 0.5) is 18.9 Å². The van der Waals surface area contributed by atoms with Crippen molar-refractivity contribution in [3.8, 4) is 6.07 Å². The Hall–Kier alpha value is -2.07. The molecule has 7 heteroatoms. The van der Waals surface area contributed by atoms with Crippen molar-refractivity contribution in [3.05, 3.63) is 29.3 Å². The second-order valence-corrected chi connectivity index (χ2v) is 5.31. The number of amides is 1. The van der Waals surface area contributed by atoms with Crippen LogP contribution in [0.5, 0.6) is 0 Å². The van der Waals surface area contributed by atoms with Crippen LogP contribution in [0, 0.1) is 16.7 Å². The number of nitrogens with zero attached hydrogens (tertiary/aromatic N) is 1. The van der Waals surface area contributed by atoms with Gasteiger partial charge in [-0.05, 0) is 38.1 Å². The van der Waals surface area contributed by atoms with Crippen molar-refractivity contribution in [1.82, 2.24) is 5.32 Å². The average Bonchev–Trinajstić information content (AvgIpc) is 2.86. The smallest absolute Gasteiger partial charge is 0.324 e. The average molecular weight is 297 g/mol. The molecule has 1 aromatic rings. The number of benzene rings is 1. The number of alkyl halides is 3. The molecular formula is C14H14F3N3O. The van der Waals surface area contributed by atoms with Gasteiger partial charge in [-0.25, -0.2) is 0 Å². The molecule has 2 rings (SSSR count). The Bertz CT molecular complexity index is 598. The highest BCUT2D eigenvalue weighted by Gasteiger charge is 2.37. The fourth-order valence-corrected chi connectivity index (χ4v) is 2.21. The lowest BCUT2D eigenvalue weighted by molar-refractivity contribution is -0.137. The zero-order valence-electron chi connectivity index (χ0n) is 11.3. The number of nitriles is 1. The van der Waals surface area contributed by atoms with Crippen LogP contribution in [0.15, 0.2) is 18.2 Å². The Kier molecular flexibility index (Phi) is 3.92. The Balaban J connectivity index is 2.25. The molecule has 1 fully saturated rings. The lowest BCUT2D eigenvalue weighted by Gasteiger charge is -2.22. The number of hydrogen-bond donors (Lipinski definition) is 2. The van der Waals surface area contributed by atoms with Crippen LogP contribution >= 0.6 is 0 Å². The van der Waals surface area contributed by atoms with E-state index in [9.17, 15) is 18.0 Å². The topological polar surface area (TPSA) is 64.9 Å². The van der Waals surface area contributed by atoms with Gasteiger partial charge in [0.05, 0.1) is 22.2 Å². The molecule has 112 valence electrons. The van der Waals surface area contributed by atoms with E-state index in [-0.39, 0.29) is 17.2 Å². The maximum atomic E-state index is 12.6. The van der Waals surface area contributed by atoms with Crippen LogP contribution in [-0.4, -0.2) is 19.0 Å². The van der Waals surface area contributed by atoms with Crippen LogP contribution in [0.3, 0.4) is 0 Å². The zero-order valence-corrected chi connectivity index (χ0v) is 11.3.